The van der Waals surface area contributed by atoms with E-state index in [2.05, 4.69) is 21.2 Å². The van der Waals surface area contributed by atoms with E-state index in [1.54, 1.807) is 17.0 Å². The number of carboxylic acid groups (broad SMARTS) is 1. The van der Waals surface area contributed by atoms with Gasteiger partial charge < -0.3 is 20.1 Å². The van der Waals surface area contributed by atoms with Gasteiger partial charge in [-0.1, -0.05) is 22.9 Å². The Bertz CT molecular complexity index is 550. The van der Waals surface area contributed by atoms with Gasteiger partial charge in [0.2, 0.25) is 0 Å². The molecule has 1 heterocycles. The molecule has 7 heteroatoms. The molecule has 0 aliphatic carbocycles. The number of urea groups is 1. The predicted molar refractivity (Wildman–Crippen MR) is 81.7 cm³/mol. The zero-order valence-electron chi connectivity index (χ0n) is 11.6. The zero-order chi connectivity index (χ0) is 15.4. The maximum atomic E-state index is 12.4. The molecule has 1 saturated heterocycles. The standard InChI is InChI=1S/C14H17BrN2O4/c1-2-10-8-21-6-5-17(10)14(20)16-12-4-3-9(15)7-11(12)13(18)19/h3-4,7,10H,2,5-6,8H2,1H3,(H,16,20)(H,18,19). The van der Waals surface area contributed by atoms with Gasteiger partial charge in [-0.2, -0.15) is 0 Å². The van der Waals surface area contributed by atoms with Crippen molar-refractivity contribution in [3.05, 3.63) is 28.2 Å². The topological polar surface area (TPSA) is 78.9 Å². The van der Waals surface area contributed by atoms with E-state index in [0.717, 1.165) is 6.42 Å². The Kier molecular flexibility index (Phi) is 5.19. The highest BCUT2D eigenvalue weighted by atomic mass is 79.9. The molecule has 1 aromatic carbocycles. The summed E-state index contributed by atoms with van der Waals surface area (Å²) in [5.41, 5.74) is 0.344. The lowest BCUT2D eigenvalue weighted by Crippen LogP contribution is -2.50. The lowest BCUT2D eigenvalue weighted by molar-refractivity contribution is 0.0144. The molecule has 2 amide bonds. The Balaban J connectivity index is 2.17. The van der Waals surface area contributed by atoms with Gasteiger partial charge in [0.25, 0.3) is 0 Å². The van der Waals surface area contributed by atoms with Crippen LogP contribution in [0.2, 0.25) is 0 Å². The van der Waals surface area contributed by atoms with E-state index in [-0.39, 0.29) is 23.3 Å². The minimum absolute atomic E-state index is 0.0162. The highest BCUT2D eigenvalue weighted by Gasteiger charge is 2.26. The summed E-state index contributed by atoms with van der Waals surface area (Å²) in [7, 11) is 0. The Labute approximate surface area is 131 Å². The van der Waals surface area contributed by atoms with Crippen LogP contribution in [0.3, 0.4) is 0 Å². The molecule has 0 aromatic heterocycles. The molecule has 0 radical (unpaired) electrons. The first kappa shape index (κ1) is 15.8. The van der Waals surface area contributed by atoms with Crippen molar-refractivity contribution in [2.45, 2.75) is 19.4 Å². The third-order valence-corrected chi connectivity index (χ3v) is 3.91. The number of carboxylic acids is 1. The summed E-state index contributed by atoms with van der Waals surface area (Å²) in [4.78, 5) is 25.3. The van der Waals surface area contributed by atoms with Crippen LogP contribution in [0.4, 0.5) is 10.5 Å². The molecule has 0 bridgehead atoms. The first-order chi connectivity index (χ1) is 10.0. The monoisotopic (exact) mass is 356 g/mol. The maximum Gasteiger partial charge on any atom is 0.337 e. The largest absolute Gasteiger partial charge is 0.478 e. The van der Waals surface area contributed by atoms with Crippen LogP contribution in [0, 0.1) is 0 Å². The number of ether oxygens (including phenoxy) is 1. The van der Waals surface area contributed by atoms with Crippen molar-refractivity contribution in [2.24, 2.45) is 0 Å². The van der Waals surface area contributed by atoms with Crippen molar-refractivity contribution in [2.75, 3.05) is 25.1 Å². The molecule has 21 heavy (non-hydrogen) atoms. The van der Waals surface area contributed by atoms with Gasteiger partial charge in [-0.25, -0.2) is 9.59 Å². The second-order valence-corrected chi connectivity index (χ2v) is 5.67. The fourth-order valence-electron chi connectivity index (χ4n) is 2.25. The van der Waals surface area contributed by atoms with E-state index in [4.69, 9.17) is 4.74 Å². The molecular weight excluding hydrogens is 340 g/mol. The lowest BCUT2D eigenvalue weighted by atomic mass is 10.1. The molecule has 2 N–H and O–H groups in total. The molecular formula is C14H17BrN2O4. The number of nitrogens with zero attached hydrogens (tertiary/aromatic N) is 1. The highest BCUT2D eigenvalue weighted by Crippen LogP contribution is 2.22. The number of carbonyl (C=O) groups excluding carboxylic acids is 1. The molecule has 1 aliphatic heterocycles. The number of amides is 2. The molecule has 1 aromatic rings. The summed E-state index contributed by atoms with van der Waals surface area (Å²) in [6.45, 7) is 3.50. The molecule has 1 unspecified atom stereocenters. The van der Waals surface area contributed by atoms with Crippen LogP contribution in [0.1, 0.15) is 23.7 Å². The maximum absolute atomic E-state index is 12.4. The second-order valence-electron chi connectivity index (χ2n) is 4.76. The van der Waals surface area contributed by atoms with E-state index in [0.29, 0.717) is 24.2 Å². The third kappa shape index (κ3) is 3.74. The number of aromatic carboxylic acids is 1. The number of hydrogen-bond acceptors (Lipinski definition) is 3. The highest BCUT2D eigenvalue weighted by molar-refractivity contribution is 9.10. The van der Waals surface area contributed by atoms with Crippen LogP contribution < -0.4 is 5.32 Å². The quantitative estimate of drug-likeness (QED) is 0.872. The van der Waals surface area contributed by atoms with Crippen molar-refractivity contribution in [3.8, 4) is 0 Å². The van der Waals surface area contributed by atoms with E-state index in [1.807, 2.05) is 6.92 Å². The van der Waals surface area contributed by atoms with Crippen LogP contribution in [0.15, 0.2) is 22.7 Å². The molecule has 0 spiro atoms. The van der Waals surface area contributed by atoms with Crippen LogP contribution >= 0.6 is 15.9 Å². The number of carbonyl (C=O) groups is 2. The molecule has 1 fully saturated rings. The minimum Gasteiger partial charge on any atom is -0.478 e. The fourth-order valence-corrected chi connectivity index (χ4v) is 2.61. The van der Waals surface area contributed by atoms with Crippen LogP contribution in [-0.4, -0.2) is 47.8 Å². The first-order valence-electron chi connectivity index (χ1n) is 6.71. The summed E-state index contributed by atoms with van der Waals surface area (Å²) in [5, 5.41) is 11.9. The van der Waals surface area contributed by atoms with Crippen LogP contribution in [-0.2, 0) is 4.74 Å². The van der Waals surface area contributed by atoms with Gasteiger partial charge in [-0.15, -0.1) is 0 Å². The Morgan fingerprint density at radius 1 is 1.52 bits per heavy atom. The van der Waals surface area contributed by atoms with Crippen molar-refractivity contribution in [1.29, 1.82) is 0 Å². The second kappa shape index (κ2) is 6.91. The number of hydrogen-bond donors (Lipinski definition) is 2. The van der Waals surface area contributed by atoms with Gasteiger partial charge in [-0.3, -0.25) is 0 Å². The number of morpholine rings is 1. The first-order valence-corrected chi connectivity index (χ1v) is 7.50. The Hall–Kier alpha value is -1.60. The number of benzene rings is 1. The number of rotatable bonds is 3. The van der Waals surface area contributed by atoms with Crippen molar-refractivity contribution in [1.82, 2.24) is 4.90 Å². The smallest absolute Gasteiger partial charge is 0.337 e. The zero-order valence-corrected chi connectivity index (χ0v) is 13.2. The van der Waals surface area contributed by atoms with E-state index in [9.17, 15) is 14.7 Å². The van der Waals surface area contributed by atoms with Gasteiger partial charge in [0, 0.05) is 11.0 Å². The van der Waals surface area contributed by atoms with Gasteiger partial charge in [0.05, 0.1) is 30.5 Å². The molecule has 6 nitrogen and oxygen atoms in total. The van der Waals surface area contributed by atoms with Crippen molar-refractivity contribution in [3.63, 3.8) is 0 Å². The summed E-state index contributed by atoms with van der Waals surface area (Å²) < 4.78 is 6.01. The fraction of sp³-hybridized carbons (Fsp3) is 0.429. The summed E-state index contributed by atoms with van der Waals surface area (Å²) >= 11 is 3.23. The predicted octanol–water partition coefficient (Wildman–Crippen LogP) is 2.79. The average Bonchev–Trinajstić information content (AvgIpc) is 2.48. The van der Waals surface area contributed by atoms with Gasteiger partial charge in [-0.05, 0) is 24.6 Å². The molecule has 0 saturated carbocycles. The Morgan fingerprint density at radius 3 is 2.95 bits per heavy atom. The van der Waals surface area contributed by atoms with E-state index < -0.39 is 5.97 Å². The summed E-state index contributed by atoms with van der Waals surface area (Å²) in [6.07, 6.45) is 0.791. The molecule has 114 valence electrons. The Morgan fingerprint density at radius 2 is 2.29 bits per heavy atom. The van der Waals surface area contributed by atoms with E-state index >= 15 is 0 Å². The van der Waals surface area contributed by atoms with Crippen LogP contribution in [0.5, 0.6) is 0 Å². The van der Waals surface area contributed by atoms with Crippen molar-refractivity contribution < 1.29 is 19.4 Å². The van der Waals surface area contributed by atoms with Crippen molar-refractivity contribution >= 4 is 33.6 Å². The van der Waals surface area contributed by atoms with Crippen LogP contribution in [0.25, 0.3) is 0 Å². The van der Waals surface area contributed by atoms with Gasteiger partial charge in [0.15, 0.2) is 0 Å². The number of anilines is 1. The minimum atomic E-state index is -1.08. The van der Waals surface area contributed by atoms with Gasteiger partial charge in [0.1, 0.15) is 0 Å². The third-order valence-electron chi connectivity index (χ3n) is 3.41. The van der Waals surface area contributed by atoms with E-state index in [1.165, 1.54) is 6.07 Å². The van der Waals surface area contributed by atoms with Gasteiger partial charge >= 0.3 is 12.0 Å². The number of halogens is 1. The normalized spacial score (nSPS) is 18.4. The molecule has 1 atom stereocenters. The average molecular weight is 357 g/mol. The SMILES string of the molecule is CCC1COCCN1C(=O)Nc1ccc(Br)cc1C(=O)O. The lowest BCUT2D eigenvalue weighted by Gasteiger charge is -2.35. The summed E-state index contributed by atoms with van der Waals surface area (Å²) in [5.74, 6) is -1.08. The summed E-state index contributed by atoms with van der Waals surface area (Å²) in [6, 6.07) is 4.46. The molecule has 1 aliphatic rings. The number of nitrogens with one attached hydrogen (secondary N) is 1. The molecule has 2 rings (SSSR count).